The Hall–Kier alpha value is -1.98. The van der Waals surface area contributed by atoms with Crippen molar-refractivity contribution in [1.29, 1.82) is 0 Å². The molecule has 140 valence electrons. The Kier molecular flexibility index (Phi) is 5.49. The fourth-order valence-electron chi connectivity index (χ4n) is 3.17. The number of ether oxygens (including phenoxy) is 1. The van der Waals surface area contributed by atoms with Gasteiger partial charge in [0.25, 0.3) is 0 Å². The zero-order valence-corrected chi connectivity index (χ0v) is 16.1. The Morgan fingerprint density at radius 3 is 2.68 bits per heavy atom. The van der Waals surface area contributed by atoms with E-state index in [-0.39, 0.29) is 30.3 Å². The summed E-state index contributed by atoms with van der Waals surface area (Å²) >= 11 is 0. The van der Waals surface area contributed by atoms with E-state index >= 15 is 0 Å². The molecule has 1 atom stereocenters. The van der Waals surface area contributed by atoms with E-state index in [0.29, 0.717) is 0 Å². The van der Waals surface area contributed by atoms with Crippen molar-refractivity contribution in [2.75, 3.05) is 6.54 Å². The number of carbonyl (C=O) groups is 2. The minimum Gasteiger partial charge on any atom is -0.466 e. The van der Waals surface area contributed by atoms with E-state index in [9.17, 15) is 9.59 Å². The van der Waals surface area contributed by atoms with Crippen LogP contribution in [0.4, 0.5) is 4.79 Å². The molecule has 0 saturated carbocycles. The van der Waals surface area contributed by atoms with E-state index in [2.05, 4.69) is 24.5 Å². The SMILES string of the molecule is Cc1cc2c(o1)CC(C)(C)CC2NC(=O)CCNC(=O)OC(C)(C)C. The molecule has 0 radical (unpaired) electrons. The van der Waals surface area contributed by atoms with Crippen molar-refractivity contribution in [3.05, 3.63) is 23.2 Å². The average Bonchev–Trinajstić information content (AvgIpc) is 2.75. The summed E-state index contributed by atoms with van der Waals surface area (Å²) in [6.07, 6.45) is 1.45. The first-order valence-corrected chi connectivity index (χ1v) is 8.81. The zero-order chi connectivity index (χ0) is 18.8. The number of fused-ring (bicyclic) bond motifs is 1. The summed E-state index contributed by atoms with van der Waals surface area (Å²) in [5, 5.41) is 5.68. The van der Waals surface area contributed by atoms with Gasteiger partial charge in [0.2, 0.25) is 5.91 Å². The molecule has 2 amide bonds. The Bertz CT molecular complexity index is 640. The minimum atomic E-state index is -0.546. The van der Waals surface area contributed by atoms with Crippen LogP contribution in [0.25, 0.3) is 0 Å². The van der Waals surface area contributed by atoms with Crippen LogP contribution in [0.2, 0.25) is 0 Å². The summed E-state index contributed by atoms with van der Waals surface area (Å²) in [7, 11) is 0. The first-order chi connectivity index (χ1) is 11.5. The molecule has 1 aromatic rings. The maximum atomic E-state index is 12.3. The van der Waals surface area contributed by atoms with Crippen LogP contribution >= 0.6 is 0 Å². The second kappa shape index (κ2) is 7.10. The minimum absolute atomic E-state index is 0.0507. The molecule has 2 N–H and O–H groups in total. The van der Waals surface area contributed by atoms with Crippen LogP contribution in [0.5, 0.6) is 0 Å². The largest absolute Gasteiger partial charge is 0.466 e. The van der Waals surface area contributed by atoms with Gasteiger partial charge >= 0.3 is 6.09 Å². The van der Waals surface area contributed by atoms with Gasteiger partial charge < -0.3 is 19.8 Å². The van der Waals surface area contributed by atoms with E-state index in [4.69, 9.17) is 9.15 Å². The predicted octanol–water partition coefficient (Wildman–Crippen LogP) is 3.63. The molecule has 6 heteroatoms. The number of hydrogen-bond donors (Lipinski definition) is 2. The first kappa shape index (κ1) is 19.3. The van der Waals surface area contributed by atoms with E-state index in [1.54, 1.807) is 20.8 Å². The highest BCUT2D eigenvalue weighted by Gasteiger charge is 2.35. The lowest BCUT2D eigenvalue weighted by Gasteiger charge is -2.34. The Morgan fingerprint density at radius 1 is 1.36 bits per heavy atom. The Morgan fingerprint density at radius 2 is 2.04 bits per heavy atom. The van der Waals surface area contributed by atoms with Gasteiger partial charge in [-0.25, -0.2) is 4.79 Å². The molecule has 1 unspecified atom stereocenters. The van der Waals surface area contributed by atoms with Crippen molar-refractivity contribution in [3.63, 3.8) is 0 Å². The second-order valence-electron chi connectivity index (χ2n) is 8.58. The number of hydrogen-bond acceptors (Lipinski definition) is 4. The third kappa shape index (κ3) is 5.80. The van der Waals surface area contributed by atoms with Crippen LogP contribution in [0.15, 0.2) is 10.5 Å². The molecule has 1 aliphatic carbocycles. The molecule has 1 aliphatic rings. The summed E-state index contributed by atoms with van der Waals surface area (Å²) in [5.41, 5.74) is 0.602. The molecule has 0 aliphatic heterocycles. The highest BCUT2D eigenvalue weighted by molar-refractivity contribution is 5.77. The number of amides is 2. The number of aryl methyl sites for hydroxylation is 1. The third-order valence-corrected chi connectivity index (χ3v) is 4.09. The molecule has 0 saturated heterocycles. The fraction of sp³-hybridized carbons (Fsp3) is 0.684. The van der Waals surface area contributed by atoms with Gasteiger partial charge in [0, 0.05) is 24.9 Å². The van der Waals surface area contributed by atoms with Crippen LogP contribution < -0.4 is 10.6 Å². The molecule has 2 rings (SSSR count). The summed E-state index contributed by atoms with van der Waals surface area (Å²) in [5.74, 6) is 1.74. The van der Waals surface area contributed by atoms with Gasteiger partial charge in [-0.1, -0.05) is 13.8 Å². The number of furan rings is 1. The highest BCUT2D eigenvalue weighted by Crippen LogP contribution is 2.41. The summed E-state index contributed by atoms with van der Waals surface area (Å²) < 4.78 is 10.9. The van der Waals surface area contributed by atoms with Gasteiger partial charge in [0.1, 0.15) is 17.1 Å². The molecule has 0 spiro atoms. The normalized spacial score (nSPS) is 19.0. The predicted molar refractivity (Wildman–Crippen MR) is 95.3 cm³/mol. The van der Waals surface area contributed by atoms with Crippen LogP contribution in [0.1, 0.15) is 70.6 Å². The molecular formula is C19H30N2O4. The zero-order valence-electron chi connectivity index (χ0n) is 16.1. The Balaban J connectivity index is 1.87. The maximum Gasteiger partial charge on any atom is 0.407 e. The van der Waals surface area contributed by atoms with Crippen LogP contribution in [0.3, 0.4) is 0 Å². The van der Waals surface area contributed by atoms with Crippen LogP contribution in [0, 0.1) is 12.3 Å². The van der Waals surface area contributed by atoms with Crippen molar-refractivity contribution in [3.8, 4) is 0 Å². The molecular weight excluding hydrogens is 320 g/mol. The van der Waals surface area contributed by atoms with Crippen molar-refractivity contribution in [2.24, 2.45) is 5.41 Å². The molecule has 6 nitrogen and oxygen atoms in total. The summed E-state index contributed by atoms with van der Waals surface area (Å²) in [4.78, 5) is 23.9. The number of alkyl carbamates (subject to hydrolysis) is 1. The lowest BCUT2D eigenvalue weighted by Crippen LogP contribution is -2.38. The van der Waals surface area contributed by atoms with E-state index in [1.165, 1.54) is 0 Å². The molecule has 0 fully saturated rings. The smallest absolute Gasteiger partial charge is 0.407 e. The van der Waals surface area contributed by atoms with E-state index in [1.807, 2.05) is 13.0 Å². The van der Waals surface area contributed by atoms with E-state index < -0.39 is 11.7 Å². The van der Waals surface area contributed by atoms with E-state index in [0.717, 1.165) is 29.9 Å². The maximum absolute atomic E-state index is 12.3. The molecule has 25 heavy (non-hydrogen) atoms. The standard InChI is InChI=1S/C19H30N2O4/c1-12-9-13-14(10-19(5,6)11-15(13)24-12)21-16(22)7-8-20-17(23)25-18(2,3)4/h9,14H,7-8,10-11H2,1-6H3,(H,20,23)(H,21,22). The quantitative estimate of drug-likeness (QED) is 0.869. The van der Waals surface area contributed by atoms with Gasteiger partial charge in [-0.15, -0.1) is 0 Å². The lowest BCUT2D eigenvalue weighted by atomic mass is 9.74. The average molecular weight is 350 g/mol. The highest BCUT2D eigenvalue weighted by atomic mass is 16.6. The number of carbonyl (C=O) groups excluding carboxylic acids is 2. The van der Waals surface area contributed by atoms with Crippen molar-refractivity contribution >= 4 is 12.0 Å². The molecule has 1 aromatic heterocycles. The fourth-order valence-corrected chi connectivity index (χ4v) is 3.17. The topological polar surface area (TPSA) is 80.6 Å². The van der Waals surface area contributed by atoms with Crippen molar-refractivity contribution < 1.29 is 18.7 Å². The third-order valence-electron chi connectivity index (χ3n) is 4.09. The second-order valence-corrected chi connectivity index (χ2v) is 8.58. The molecule has 0 aromatic carbocycles. The van der Waals surface area contributed by atoms with Gasteiger partial charge in [-0.05, 0) is 45.6 Å². The van der Waals surface area contributed by atoms with Crippen LogP contribution in [-0.4, -0.2) is 24.1 Å². The van der Waals surface area contributed by atoms with Gasteiger partial charge in [-0.3, -0.25) is 4.79 Å². The monoisotopic (exact) mass is 350 g/mol. The lowest BCUT2D eigenvalue weighted by molar-refractivity contribution is -0.122. The van der Waals surface area contributed by atoms with Gasteiger partial charge in [0.15, 0.2) is 0 Å². The molecule has 0 bridgehead atoms. The summed E-state index contributed by atoms with van der Waals surface area (Å²) in [6, 6.07) is 1.96. The van der Waals surface area contributed by atoms with Gasteiger partial charge in [-0.2, -0.15) is 0 Å². The first-order valence-electron chi connectivity index (χ1n) is 8.81. The van der Waals surface area contributed by atoms with Crippen molar-refractivity contribution in [2.45, 2.75) is 72.4 Å². The Labute approximate surface area is 149 Å². The van der Waals surface area contributed by atoms with Crippen LogP contribution in [-0.2, 0) is 16.0 Å². The summed E-state index contributed by atoms with van der Waals surface area (Å²) in [6.45, 7) is 11.9. The molecule has 1 heterocycles. The van der Waals surface area contributed by atoms with Gasteiger partial charge in [0.05, 0.1) is 6.04 Å². The number of nitrogens with one attached hydrogen (secondary N) is 2. The van der Waals surface area contributed by atoms with Crippen molar-refractivity contribution in [1.82, 2.24) is 10.6 Å². The number of rotatable bonds is 4.